The van der Waals surface area contributed by atoms with Crippen molar-refractivity contribution in [2.24, 2.45) is 5.92 Å². The monoisotopic (exact) mass is 535 g/mol. The van der Waals surface area contributed by atoms with Gasteiger partial charge in [0.1, 0.15) is 11.9 Å². The smallest absolute Gasteiger partial charge is 0.242 e. The van der Waals surface area contributed by atoms with Gasteiger partial charge in [0.15, 0.2) is 0 Å². The number of aryl methyl sites for hydroxylation is 1. The fourth-order valence-electron chi connectivity index (χ4n) is 4.28. The number of likely N-dealkylation sites (N-methyl/N-ethyl adjacent to an activating group) is 1. The molecule has 1 fully saturated rings. The van der Waals surface area contributed by atoms with Gasteiger partial charge in [-0.3, -0.25) is 14.5 Å². The van der Waals surface area contributed by atoms with E-state index in [2.05, 4.69) is 43.4 Å². The lowest BCUT2D eigenvalue weighted by Gasteiger charge is -2.23. The van der Waals surface area contributed by atoms with E-state index in [4.69, 9.17) is 17.3 Å². The number of halogens is 2. The normalized spacial score (nSPS) is 19.3. The molecule has 0 radical (unpaired) electrons. The van der Waals surface area contributed by atoms with Gasteiger partial charge in [-0.25, -0.2) is 4.98 Å². The number of nitrogens with zero attached hydrogens (tertiary/aromatic N) is 2. The Morgan fingerprint density at radius 3 is 2.76 bits per heavy atom. The van der Waals surface area contributed by atoms with Crippen LogP contribution < -0.4 is 16.4 Å². The lowest BCUT2D eigenvalue weighted by molar-refractivity contribution is -0.131. The van der Waals surface area contributed by atoms with Crippen LogP contribution in [0.3, 0.4) is 0 Å². The summed E-state index contributed by atoms with van der Waals surface area (Å²) in [6.45, 7) is 7.57. The van der Waals surface area contributed by atoms with E-state index in [1.165, 1.54) is 5.56 Å². The van der Waals surface area contributed by atoms with Gasteiger partial charge in [-0.15, -0.1) is 0 Å². The standard InChI is InChI=1S/C24H31BrClN5O2/c1-4-31-13-17(9-16-5-7-20(26)19(25)10-16)11-21(31)24(33)30-15(3)23(32)28-12-18-6-8-22(27)29-14(18)2/h5-8,10,15,17,21H,4,9,11-13H2,1-3H3,(H2,27,29)(H,28,32)(H,30,33)/t15-,17-,21+/m0/s1. The minimum absolute atomic E-state index is 0.107. The van der Waals surface area contributed by atoms with E-state index in [9.17, 15) is 9.59 Å². The molecule has 33 heavy (non-hydrogen) atoms. The van der Waals surface area contributed by atoms with Gasteiger partial charge in [0.05, 0.1) is 11.1 Å². The van der Waals surface area contributed by atoms with Gasteiger partial charge < -0.3 is 16.4 Å². The summed E-state index contributed by atoms with van der Waals surface area (Å²) in [5.41, 5.74) is 8.53. The third-order valence-corrected chi connectivity index (χ3v) is 7.34. The van der Waals surface area contributed by atoms with Crippen LogP contribution in [0.25, 0.3) is 0 Å². The van der Waals surface area contributed by atoms with Crippen LogP contribution in [-0.4, -0.2) is 46.9 Å². The van der Waals surface area contributed by atoms with E-state index in [0.29, 0.717) is 23.3 Å². The molecule has 178 valence electrons. The minimum Gasteiger partial charge on any atom is -0.384 e. The summed E-state index contributed by atoms with van der Waals surface area (Å²) in [7, 11) is 0. The van der Waals surface area contributed by atoms with Crippen molar-refractivity contribution in [1.82, 2.24) is 20.5 Å². The SMILES string of the molecule is CCN1C[C@@H](Cc2ccc(Cl)c(Br)c2)C[C@@H]1C(=O)N[C@@H](C)C(=O)NCc1ccc(N)nc1C. The number of pyridine rings is 1. The molecule has 0 saturated carbocycles. The maximum atomic E-state index is 13.0. The molecule has 1 saturated heterocycles. The molecule has 0 spiro atoms. The highest BCUT2D eigenvalue weighted by Gasteiger charge is 2.36. The molecule has 1 aromatic heterocycles. The van der Waals surface area contributed by atoms with Crippen LogP contribution in [0.5, 0.6) is 0 Å². The number of hydrogen-bond acceptors (Lipinski definition) is 5. The lowest BCUT2D eigenvalue weighted by Crippen LogP contribution is -2.50. The van der Waals surface area contributed by atoms with Crippen molar-refractivity contribution in [2.75, 3.05) is 18.8 Å². The number of rotatable bonds is 8. The largest absolute Gasteiger partial charge is 0.384 e. The number of carbonyl (C=O) groups excluding carboxylic acids is 2. The van der Waals surface area contributed by atoms with Crippen molar-refractivity contribution in [3.05, 3.63) is 56.6 Å². The Labute approximate surface area is 208 Å². The van der Waals surface area contributed by atoms with E-state index in [1.807, 2.05) is 31.2 Å². The Morgan fingerprint density at radius 1 is 1.33 bits per heavy atom. The zero-order valence-electron chi connectivity index (χ0n) is 19.2. The van der Waals surface area contributed by atoms with Crippen LogP contribution in [0.2, 0.25) is 5.02 Å². The molecular formula is C24H31BrClN5O2. The van der Waals surface area contributed by atoms with Crippen molar-refractivity contribution in [2.45, 2.75) is 52.2 Å². The Hall–Kier alpha value is -2.16. The number of benzene rings is 1. The Bertz CT molecular complexity index is 1020. The van der Waals surface area contributed by atoms with E-state index in [1.54, 1.807) is 13.0 Å². The van der Waals surface area contributed by atoms with Crippen LogP contribution in [-0.2, 0) is 22.6 Å². The second-order valence-electron chi connectivity index (χ2n) is 8.59. The zero-order valence-corrected chi connectivity index (χ0v) is 21.5. The predicted octanol–water partition coefficient (Wildman–Crippen LogP) is 3.46. The summed E-state index contributed by atoms with van der Waals surface area (Å²) in [4.78, 5) is 32.0. The summed E-state index contributed by atoms with van der Waals surface area (Å²) in [6, 6.07) is 8.63. The van der Waals surface area contributed by atoms with Crippen LogP contribution in [0.4, 0.5) is 5.82 Å². The Kier molecular flexibility index (Phi) is 8.73. The maximum Gasteiger partial charge on any atom is 0.242 e. The van der Waals surface area contributed by atoms with E-state index >= 15 is 0 Å². The molecule has 1 aromatic carbocycles. The average molecular weight is 537 g/mol. The lowest BCUT2D eigenvalue weighted by atomic mass is 9.96. The fraction of sp³-hybridized carbons (Fsp3) is 0.458. The molecule has 1 aliphatic heterocycles. The Morgan fingerprint density at radius 2 is 2.09 bits per heavy atom. The van der Waals surface area contributed by atoms with Gasteiger partial charge in [0, 0.05) is 23.3 Å². The molecule has 3 atom stereocenters. The van der Waals surface area contributed by atoms with Gasteiger partial charge in [0.25, 0.3) is 0 Å². The van der Waals surface area contributed by atoms with Gasteiger partial charge >= 0.3 is 0 Å². The van der Waals surface area contributed by atoms with Crippen molar-refractivity contribution >= 4 is 45.2 Å². The number of nitrogens with two attached hydrogens (primary N) is 1. The summed E-state index contributed by atoms with van der Waals surface area (Å²) in [6.07, 6.45) is 1.63. The van der Waals surface area contributed by atoms with E-state index in [-0.39, 0.29) is 17.9 Å². The number of amides is 2. The maximum absolute atomic E-state index is 13.0. The Balaban J connectivity index is 1.54. The first-order valence-corrected chi connectivity index (χ1v) is 12.3. The fourth-order valence-corrected chi connectivity index (χ4v) is 4.82. The summed E-state index contributed by atoms with van der Waals surface area (Å²) in [5, 5.41) is 6.45. The molecule has 3 rings (SSSR count). The molecule has 7 nitrogen and oxygen atoms in total. The van der Waals surface area contributed by atoms with Crippen molar-refractivity contribution in [3.63, 3.8) is 0 Å². The number of likely N-dealkylation sites (tertiary alicyclic amines) is 1. The molecule has 0 unspecified atom stereocenters. The predicted molar refractivity (Wildman–Crippen MR) is 135 cm³/mol. The second-order valence-corrected chi connectivity index (χ2v) is 9.85. The first kappa shape index (κ1) is 25.5. The summed E-state index contributed by atoms with van der Waals surface area (Å²) in [5.74, 6) is 0.467. The topological polar surface area (TPSA) is 100 Å². The average Bonchev–Trinajstić information content (AvgIpc) is 3.18. The van der Waals surface area contributed by atoms with E-state index in [0.717, 1.165) is 41.7 Å². The van der Waals surface area contributed by atoms with Gasteiger partial charge in [-0.2, -0.15) is 0 Å². The van der Waals surface area contributed by atoms with Crippen LogP contribution in [0, 0.1) is 12.8 Å². The third-order valence-electron chi connectivity index (χ3n) is 6.13. The minimum atomic E-state index is -0.635. The highest BCUT2D eigenvalue weighted by atomic mass is 79.9. The van der Waals surface area contributed by atoms with Gasteiger partial charge in [-0.1, -0.05) is 30.7 Å². The summed E-state index contributed by atoms with van der Waals surface area (Å²) < 4.78 is 0.881. The van der Waals surface area contributed by atoms with Crippen molar-refractivity contribution in [3.8, 4) is 0 Å². The number of anilines is 1. The number of carbonyl (C=O) groups is 2. The van der Waals surface area contributed by atoms with Crippen molar-refractivity contribution in [1.29, 1.82) is 0 Å². The molecule has 1 aliphatic rings. The molecule has 0 bridgehead atoms. The van der Waals surface area contributed by atoms with Gasteiger partial charge in [-0.05, 0) is 84.4 Å². The highest BCUT2D eigenvalue weighted by Crippen LogP contribution is 2.29. The molecule has 4 N–H and O–H groups in total. The number of nitrogens with one attached hydrogen (secondary N) is 2. The zero-order chi connectivity index (χ0) is 24.1. The van der Waals surface area contributed by atoms with Crippen LogP contribution >= 0.6 is 27.5 Å². The third kappa shape index (κ3) is 6.68. The number of hydrogen-bond donors (Lipinski definition) is 3. The van der Waals surface area contributed by atoms with Crippen LogP contribution in [0.1, 0.15) is 37.1 Å². The first-order valence-electron chi connectivity index (χ1n) is 11.2. The molecule has 0 aliphatic carbocycles. The summed E-state index contributed by atoms with van der Waals surface area (Å²) >= 11 is 9.58. The molecule has 2 heterocycles. The van der Waals surface area contributed by atoms with Gasteiger partial charge in [0.2, 0.25) is 11.8 Å². The van der Waals surface area contributed by atoms with Crippen molar-refractivity contribution < 1.29 is 9.59 Å². The van der Waals surface area contributed by atoms with E-state index < -0.39 is 6.04 Å². The second kappa shape index (κ2) is 11.3. The molecule has 2 amide bonds. The highest BCUT2D eigenvalue weighted by molar-refractivity contribution is 9.10. The molecular weight excluding hydrogens is 506 g/mol. The van der Waals surface area contributed by atoms with Crippen LogP contribution in [0.15, 0.2) is 34.8 Å². The number of aromatic nitrogens is 1. The number of nitrogen functional groups attached to an aromatic ring is 1. The molecule has 2 aromatic rings. The molecule has 9 heteroatoms. The quantitative estimate of drug-likeness (QED) is 0.480. The first-order chi connectivity index (χ1) is 15.7.